The van der Waals surface area contributed by atoms with Crippen LogP contribution in [0.3, 0.4) is 0 Å². The van der Waals surface area contributed by atoms with E-state index >= 15 is 0 Å². The predicted octanol–water partition coefficient (Wildman–Crippen LogP) is 2.12. The Morgan fingerprint density at radius 1 is 0.385 bits per heavy atom. The molecule has 0 N–H and O–H groups in total. The van der Waals surface area contributed by atoms with E-state index in [0.717, 1.165) is 0 Å². The van der Waals surface area contributed by atoms with Crippen LogP contribution in [0, 0.1) is 45.5 Å². The molecule has 0 nitrogen and oxygen atoms in total. The maximum Gasteiger partial charge on any atom is 1.00 e. The minimum absolute atomic E-state index is 0. The van der Waals surface area contributed by atoms with Crippen LogP contribution in [0.1, 0.15) is 0 Å². The molecule has 0 aliphatic rings. The van der Waals surface area contributed by atoms with Crippen molar-refractivity contribution in [3.63, 3.8) is 0 Å². The van der Waals surface area contributed by atoms with E-state index in [4.69, 9.17) is 0 Å². The van der Waals surface area contributed by atoms with Gasteiger partial charge in [-0.3, -0.25) is 23.3 Å². The third-order valence-corrected chi connectivity index (χ3v) is 6.23. The van der Waals surface area contributed by atoms with Gasteiger partial charge in [-0.1, -0.05) is 78.6 Å². The first-order valence-corrected chi connectivity index (χ1v) is 23.2. The predicted molar refractivity (Wildman–Crippen MR) is 130 cm³/mol. The van der Waals surface area contributed by atoms with Gasteiger partial charge >= 0.3 is 18.9 Å². The average Bonchev–Trinajstić information content (AvgIpc) is 2.33. The molecule has 0 aromatic carbocycles. The van der Waals surface area contributed by atoms with Crippen LogP contribution >= 0.6 is 0 Å². The van der Waals surface area contributed by atoms with Gasteiger partial charge in [0.25, 0.3) is 6.15 Å². The Bertz CT molecular complexity index is 595. The number of hydrogen-bond acceptors (Lipinski definition) is 0. The molecule has 26 heavy (non-hydrogen) atoms. The van der Waals surface area contributed by atoms with Crippen molar-refractivity contribution in [2.45, 2.75) is 78.6 Å². The molecule has 0 rings (SSSR count). The molecule has 0 aromatic rings. The molecule has 0 saturated carbocycles. The molecule has 0 fully saturated rings. The largest absolute Gasteiger partial charge is 1.00 e. The minimum Gasteiger partial charge on any atom is -0.277 e. The fourth-order valence-corrected chi connectivity index (χ4v) is 4.11. The van der Waals surface area contributed by atoms with Crippen LogP contribution in [0.5, 0.6) is 0 Å². The molecule has 0 aliphatic carbocycles. The molecule has 0 spiro atoms. The smallest absolute Gasteiger partial charge is 0.277 e. The molecule has 136 valence electrons. The Kier molecular flexibility index (Phi) is 10.6. The zero-order valence-corrected chi connectivity index (χ0v) is 23.6. The third-order valence-electron chi connectivity index (χ3n) is 2.65. The quantitative estimate of drug-likeness (QED) is 0.427. The summed E-state index contributed by atoms with van der Waals surface area (Å²) in [6, 6.07) is 0. The van der Waals surface area contributed by atoms with E-state index in [1.54, 1.807) is 0 Å². The van der Waals surface area contributed by atoms with Crippen molar-refractivity contribution in [1.82, 2.24) is 0 Å². The second-order valence-electron chi connectivity index (χ2n) is 10.9. The van der Waals surface area contributed by atoms with Gasteiger partial charge in [0, 0.05) is 0 Å². The fraction of sp³-hybridized carbons (Fsp3) is 0.600. The number of hydrogen-bond donors (Lipinski definition) is 0. The molecule has 0 unspecified atom stereocenters. The summed E-state index contributed by atoms with van der Waals surface area (Å²) in [6.07, 6.45) is -1.57. The molecule has 0 radical (unpaired) electrons. The van der Waals surface area contributed by atoms with E-state index in [2.05, 4.69) is 124 Å². The van der Waals surface area contributed by atoms with Crippen LogP contribution in [-0.4, -0.2) is 38.4 Å². The van der Waals surface area contributed by atoms with Gasteiger partial charge in [0.05, 0.1) is 0 Å². The molecule has 0 aliphatic heterocycles. The van der Waals surface area contributed by atoms with Crippen molar-refractivity contribution < 1.29 is 18.9 Å². The van der Waals surface area contributed by atoms with Crippen molar-refractivity contribution in [2.75, 3.05) is 0 Å². The van der Waals surface area contributed by atoms with Gasteiger partial charge in [0.1, 0.15) is 32.3 Å². The zero-order chi connectivity index (χ0) is 20.2. The molecular formula is C20H36BLiSi4. The monoisotopic (exact) mass is 406 g/mol. The van der Waals surface area contributed by atoms with Crippen molar-refractivity contribution in [3.8, 4) is 45.5 Å². The Hall–Kier alpha value is -0.230. The SMILES string of the molecule is C[Si](C)(C)C#C[B-](C#C[Si](C)(C)C)(C#C[Si](C)(C)C)C#C[Si](C)(C)C.[Li+]. The molecular weight excluding hydrogens is 370 g/mol. The molecule has 0 atom stereocenters. The van der Waals surface area contributed by atoms with Crippen LogP contribution < -0.4 is 18.9 Å². The summed E-state index contributed by atoms with van der Waals surface area (Å²) in [7, 11) is -6.03. The normalized spacial score (nSPS) is 11.8. The van der Waals surface area contributed by atoms with Crippen LogP contribution in [0.4, 0.5) is 0 Å². The first-order valence-electron chi connectivity index (χ1n) is 9.15. The summed E-state index contributed by atoms with van der Waals surface area (Å²) >= 11 is 0. The molecule has 0 aromatic heterocycles. The second-order valence-corrected chi connectivity index (χ2v) is 29.9. The summed E-state index contributed by atoms with van der Waals surface area (Å²) in [6.45, 7) is 27.2. The van der Waals surface area contributed by atoms with E-state index < -0.39 is 38.4 Å². The molecule has 6 heteroatoms. The van der Waals surface area contributed by atoms with Gasteiger partial charge in [0.2, 0.25) is 0 Å². The summed E-state index contributed by atoms with van der Waals surface area (Å²) in [4.78, 5) is 0. The van der Waals surface area contributed by atoms with Crippen LogP contribution in [0.2, 0.25) is 78.6 Å². The maximum absolute atomic E-state index is 3.53. The van der Waals surface area contributed by atoms with Gasteiger partial charge in [-0.15, -0.1) is 0 Å². The van der Waals surface area contributed by atoms with Crippen LogP contribution in [0.15, 0.2) is 0 Å². The Balaban J connectivity index is 0. The van der Waals surface area contributed by atoms with Crippen LogP contribution in [-0.2, 0) is 0 Å². The van der Waals surface area contributed by atoms with Crippen molar-refractivity contribution in [1.29, 1.82) is 0 Å². The van der Waals surface area contributed by atoms with Gasteiger partial charge in [-0.05, 0) is 0 Å². The average molecular weight is 407 g/mol. The Labute approximate surface area is 180 Å². The van der Waals surface area contributed by atoms with E-state index in [1.165, 1.54) is 0 Å². The fourth-order valence-electron chi connectivity index (χ4n) is 1.52. The Morgan fingerprint density at radius 2 is 0.538 bits per heavy atom. The number of rotatable bonds is 0. The molecule has 0 heterocycles. The first kappa shape index (κ1) is 28.0. The maximum atomic E-state index is 3.53. The summed E-state index contributed by atoms with van der Waals surface area (Å²) in [5, 5.41) is 0. The zero-order valence-electron chi connectivity index (χ0n) is 19.6. The van der Waals surface area contributed by atoms with Crippen molar-refractivity contribution in [2.24, 2.45) is 0 Å². The minimum atomic E-state index is -1.57. The topological polar surface area (TPSA) is 0 Å². The molecule has 0 saturated heterocycles. The van der Waals surface area contributed by atoms with Gasteiger partial charge in [-0.25, -0.2) is 0 Å². The van der Waals surface area contributed by atoms with E-state index in [-0.39, 0.29) is 18.9 Å². The summed E-state index contributed by atoms with van der Waals surface area (Å²) in [5.41, 5.74) is 14.1. The van der Waals surface area contributed by atoms with Crippen LogP contribution in [0.25, 0.3) is 0 Å². The van der Waals surface area contributed by atoms with E-state index in [9.17, 15) is 0 Å². The van der Waals surface area contributed by atoms with E-state index in [0.29, 0.717) is 0 Å². The van der Waals surface area contributed by atoms with Crippen molar-refractivity contribution in [3.05, 3.63) is 0 Å². The Morgan fingerprint density at radius 3 is 0.654 bits per heavy atom. The molecule has 0 bridgehead atoms. The first-order chi connectivity index (χ1) is 10.8. The van der Waals surface area contributed by atoms with Gasteiger partial charge in [0.15, 0.2) is 0 Å². The third kappa shape index (κ3) is 16.0. The standard InChI is InChI=1S/C20H36BSi4.Li/c1-22(2,3)17-13-21(14-18-23(4,5)6,15-19-24(7,8)9)16-20-25(10,11)12;/h1-12H3;/q-1;+1. The van der Waals surface area contributed by atoms with E-state index in [1.807, 2.05) is 0 Å². The van der Waals surface area contributed by atoms with Gasteiger partial charge in [-0.2, -0.15) is 22.2 Å². The summed E-state index contributed by atoms with van der Waals surface area (Å²) in [5.74, 6) is 14.0. The summed E-state index contributed by atoms with van der Waals surface area (Å²) < 4.78 is 0. The van der Waals surface area contributed by atoms with Crippen molar-refractivity contribution >= 4 is 38.4 Å². The van der Waals surface area contributed by atoms with Gasteiger partial charge < -0.3 is 0 Å². The second kappa shape index (κ2) is 9.81. The molecule has 0 amide bonds.